The predicted molar refractivity (Wildman–Crippen MR) is 70.3 cm³/mol. The maximum atomic E-state index is 13.2. The Morgan fingerprint density at radius 2 is 1.95 bits per heavy atom. The van der Waals surface area contributed by atoms with Crippen LogP contribution in [0.4, 0.5) is 13.2 Å². The third-order valence-corrected chi connectivity index (χ3v) is 3.85. The second-order valence-corrected chi connectivity index (χ2v) is 5.11. The average molecular weight is 285 g/mol. The van der Waals surface area contributed by atoms with E-state index in [0.717, 1.165) is 18.9 Å². The van der Waals surface area contributed by atoms with Crippen molar-refractivity contribution >= 4 is 5.78 Å². The molecule has 1 N–H and O–H groups in total. The second kappa shape index (κ2) is 5.56. The van der Waals surface area contributed by atoms with E-state index >= 15 is 0 Å². The van der Waals surface area contributed by atoms with Gasteiger partial charge < -0.3 is 5.32 Å². The van der Waals surface area contributed by atoms with E-state index in [9.17, 15) is 18.0 Å². The van der Waals surface area contributed by atoms with Crippen LogP contribution < -0.4 is 5.32 Å². The zero-order chi connectivity index (χ0) is 14.8. The van der Waals surface area contributed by atoms with Crippen LogP contribution in [0.25, 0.3) is 0 Å². The van der Waals surface area contributed by atoms with Gasteiger partial charge in [0, 0.05) is 6.42 Å². The number of carbonyl (C=O) groups is 1. The Morgan fingerprint density at radius 3 is 2.55 bits per heavy atom. The highest BCUT2D eigenvalue weighted by atomic mass is 19.4. The standard InChI is InChI=1S/C15H18F3NO/c1-2-19-14(10-6-5-9-13(14)20)11-7-3-4-8-12(11)15(16,17)18/h3-4,7-8,19H,2,5-6,9-10H2,1H3/t14-/m1/s1. The highest BCUT2D eigenvalue weighted by molar-refractivity contribution is 5.90. The third kappa shape index (κ3) is 2.59. The number of rotatable bonds is 3. The molecule has 0 spiro atoms. The van der Waals surface area contributed by atoms with Crippen LogP contribution in [0.5, 0.6) is 0 Å². The summed E-state index contributed by atoms with van der Waals surface area (Å²) in [5.74, 6) is -0.137. The van der Waals surface area contributed by atoms with Crippen LogP contribution in [0.1, 0.15) is 43.7 Å². The summed E-state index contributed by atoms with van der Waals surface area (Å²) in [4.78, 5) is 12.4. The van der Waals surface area contributed by atoms with Crippen LogP contribution >= 0.6 is 0 Å². The summed E-state index contributed by atoms with van der Waals surface area (Å²) in [6.45, 7) is 2.26. The summed E-state index contributed by atoms with van der Waals surface area (Å²) in [6.07, 6.45) is -2.19. The molecule has 0 aromatic heterocycles. The van der Waals surface area contributed by atoms with Crippen molar-refractivity contribution in [2.75, 3.05) is 6.54 Å². The number of alkyl halides is 3. The Morgan fingerprint density at radius 1 is 1.25 bits per heavy atom. The molecule has 1 aliphatic carbocycles. The van der Waals surface area contributed by atoms with Gasteiger partial charge in [0.15, 0.2) is 5.78 Å². The molecule has 1 saturated carbocycles. The first-order chi connectivity index (χ1) is 9.42. The zero-order valence-corrected chi connectivity index (χ0v) is 11.4. The lowest BCUT2D eigenvalue weighted by molar-refractivity contribution is -0.140. The molecular formula is C15H18F3NO. The fourth-order valence-electron chi connectivity index (χ4n) is 3.00. The quantitative estimate of drug-likeness (QED) is 0.918. The smallest absolute Gasteiger partial charge is 0.302 e. The van der Waals surface area contributed by atoms with Crippen molar-refractivity contribution in [3.05, 3.63) is 35.4 Å². The Balaban J connectivity index is 2.58. The Labute approximate surface area is 116 Å². The molecule has 2 rings (SSSR count). The number of hydrogen-bond acceptors (Lipinski definition) is 2. The zero-order valence-electron chi connectivity index (χ0n) is 11.4. The van der Waals surface area contributed by atoms with E-state index in [1.807, 2.05) is 0 Å². The molecule has 1 aliphatic rings. The molecule has 1 aromatic rings. The minimum atomic E-state index is -4.45. The minimum Gasteiger partial charge on any atom is -0.302 e. The van der Waals surface area contributed by atoms with Crippen molar-refractivity contribution in [1.82, 2.24) is 5.32 Å². The van der Waals surface area contributed by atoms with Gasteiger partial charge in [0.05, 0.1) is 5.56 Å². The van der Waals surface area contributed by atoms with Gasteiger partial charge in [-0.15, -0.1) is 0 Å². The normalized spacial score (nSPS) is 23.9. The first kappa shape index (κ1) is 15.0. The number of carbonyl (C=O) groups excluding carboxylic acids is 1. The van der Waals surface area contributed by atoms with E-state index in [-0.39, 0.29) is 11.3 Å². The fraction of sp³-hybridized carbons (Fsp3) is 0.533. The third-order valence-electron chi connectivity index (χ3n) is 3.85. The first-order valence-corrected chi connectivity index (χ1v) is 6.87. The average Bonchev–Trinajstić information content (AvgIpc) is 2.41. The summed E-state index contributed by atoms with van der Waals surface area (Å²) in [5.41, 5.74) is -1.82. The van der Waals surface area contributed by atoms with E-state index in [0.29, 0.717) is 19.4 Å². The number of hydrogen-bond donors (Lipinski definition) is 1. The van der Waals surface area contributed by atoms with Gasteiger partial charge in [-0.2, -0.15) is 13.2 Å². The molecule has 0 unspecified atom stereocenters. The van der Waals surface area contributed by atoms with E-state index in [1.54, 1.807) is 13.0 Å². The van der Waals surface area contributed by atoms with Crippen molar-refractivity contribution in [3.63, 3.8) is 0 Å². The molecule has 0 radical (unpaired) electrons. The first-order valence-electron chi connectivity index (χ1n) is 6.87. The van der Waals surface area contributed by atoms with Crippen LogP contribution in [0.3, 0.4) is 0 Å². The minimum absolute atomic E-state index is 0.0686. The molecule has 0 bridgehead atoms. The molecule has 2 nitrogen and oxygen atoms in total. The van der Waals surface area contributed by atoms with E-state index < -0.39 is 17.3 Å². The van der Waals surface area contributed by atoms with Crippen molar-refractivity contribution < 1.29 is 18.0 Å². The van der Waals surface area contributed by atoms with Gasteiger partial charge >= 0.3 is 6.18 Å². The van der Waals surface area contributed by atoms with E-state index in [1.165, 1.54) is 12.1 Å². The fourth-order valence-corrected chi connectivity index (χ4v) is 3.00. The summed E-state index contributed by atoms with van der Waals surface area (Å²) >= 11 is 0. The van der Waals surface area contributed by atoms with E-state index in [4.69, 9.17) is 0 Å². The second-order valence-electron chi connectivity index (χ2n) is 5.11. The Bertz CT molecular complexity index is 494. The van der Waals surface area contributed by atoms with Gasteiger partial charge in [-0.3, -0.25) is 4.79 Å². The summed E-state index contributed by atoms with van der Waals surface area (Å²) in [6, 6.07) is 5.40. The number of halogens is 3. The predicted octanol–water partition coefficient (Wildman–Crippen LogP) is 3.65. The maximum Gasteiger partial charge on any atom is 0.416 e. The van der Waals surface area contributed by atoms with Gasteiger partial charge in [-0.05, 0) is 31.0 Å². The largest absolute Gasteiger partial charge is 0.416 e. The molecule has 1 fully saturated rings. The van der Waals surface area contributed by atoms with Crippen molar-refractivity contribution in [3.8, 4) is 0 Å². The van der Waals surface area contributed by atoms with Crippen molar-refractivity contribution in [1.29, 1.82) is 0 Å². The molecule has 1 aromatic carbocycles. The van der Waals surface area contributed by atoms with Crippen LogP contribution in [0, 0.1) is 0 Å². The lowest BCUT2D eigenvalue weighted by Crippen LogP contribution is -2.51. The molecule has 0 amide bonds. The van der Waals surface area contributed by atoms with Gasteiger partial charge in [0.1, 0.15) is 5.54 Å². The van der Waals surface area contributed by atoms with Crippen LogP contribution in [-0.4, -0.2) is 12.3 Å². The van der Waals surface area contributed by atoms with Gasteiger partial charge in [0.25, 0.3) is 0 Å². The number of benzene rings is 1. The maximum absolute atomic E-state index is 13.2. The molecule has 110 valence electrons. The van der Waals surface area contributed by atoms with Crippen LogP contribution in [0.15, 0.2) is 24.3 Å². The number of likely N-dealkylation sites (N-methyl/N-ethyl adjacent to an activating group) is 1. The molecule has 0 aliphatic heterocycles. The van der Waals surface area contributed by atoms with Gasteiger partial charge in [-0.1, -0.05) is 31.5 Å². The van der Waals surface area contributed by atoms with Gasteiger partial charge in [0.2, 0.25) is 0 Å². The van der Waals surface area contributed by atoms with Crippen LogP contribution in [0.2, 0.25) is 0 Å². The molecule has 1 atom stereocenters. The number of Topliss-reactive ketones (excluding diaryl/α,β-unsaturated/α-hetero) is 1. The summed E-state index contributed by atoms with van der Waals surface area (Å²) < 4.78 is 39.6. The number of ketones is 1. The summed E-state index contributed by atoms with van der Waals surface area (Å²) in [7, 11) is 0. The SMILES string of the molecule is CCN[C@@]1(c2ccccc2C(F)(F)F)CCCCC1=O. The molecule has 20 heavy (non-hydrogen) atoms. The molecule has 0 heterocycles. The molecular weight excluding hydrogens is 267 g/mol. The van der Waals surface area contributed by atoms with Gasteiger partial charge in [-0.25, -0.2) is 0 Å². The Kier molecular flexibility index (Phi) is 4.18. The highest BCUT2D eigenvalue weighted by Gasteiger charge is 2.46. The monoisotopic (exact) mass is 285 g/mol. The number of nitrogens with one attached hydrogen (secondary N) is 1. The van der Waals surface area contributed by atoms with Crippen LogP contribution in [-0.2, 0) is 16.5 Å². The lowest BCUT2D eigenvalue weighted by atomic mass is 9.74. The van der Waals surface area contributed by atoms with E-state index in [2.05, 4.69) is 5.32 Å². The molecule has 0 saturated heterocycles. The van der Waals surface area contributed by atoms with Crippen molar-refractivity contribution in [2.24, 2.45) is 0 Å². The lowest BCUT2D eigenvalue weighted by Gasteiger charge is -2.38. The van der Waals surface area contributed by atoms with Crippen molar-refractivity contribution in [2.45, 2.75) is 44.3 Å². The highest BCUT2D eigenvalue weighted by Crippen LogP contribution is 2.41. The Hall–Kier alpha value is -1.36. The molecule has 5 heteroatoms. The topological polar surface area (TPSA) is 29.1 Å². The summed E-state index contributed by atoms with van der Waals surface area (Å²) in [5, 5.41) is 3.03.